The van der Waals surface area contributed by atoms with Crippen molar-refractivity contribution < 1.29 is 4.79 Å². The quantitative estimate of drug-likeness (QED) is 0.528. The van der Waals surface area contributed by atoms with Crippen LogP contribution in [0.1, 0.15) is 22.3 Å². The van der Waals surface area contributed by atoms with Gasteiger partial charge in [-0.2, -0.15) is 5.26 Å². The lowest BCUT2D eigenvalue weighted by molar-refractivity contribution is -0.127. The molecule has 3 aromatic rings. The second-order valence-electron chi connectivity index (χ2n) is 6.34. The zero-order chi connectivity index (χ0) is 19.8. The van der Waals surface area contributed by atoms with E-state index in [9.17, 15) is 4.79 Å². The second kappa shape index (κ2) is 9.55. The summed E-state index contributed by atoms with van der Waals surface area (Å²) in [7, 11) is 0. The number of carbonyl (C=O) groups excluding carboxylic acids is 1. The van der Waals surface area contributed by atoms with Crippen LogP contribution in [0.3, 0.4) is 0 Å². The fourth-order valence-electron chi connectivity index (χ4n) is 2.79. The summed E-state index contributed by atoms with van der Waals surface area (Å²) >= 11 is 6.30. The Morgan fingerprint density at radius 1 is 0.929 bits per heavy atom. The van der Waals surface area contributed by atoms with Crippen molar-refractivity contribution >= 4 is 23.6 Å². The molecule has 0 unspecified atom stereocenters. The first kappa shape index (κ1) is 19.4. The third-order valence-electron chi connectivity index (χ3n) is 4.31. The van der Waals surface area contributed by atoms with Crippen LogP contribution in [-0.2, 0) is 17.9 Å². The van der Waals surface area contributed by atoms with Gasteiger partial charge in [0.15, 0.2) is 0 Å². The Kier molecular flexibility index (Phi) is 6.62. The van der Waals surface area contributed by atoms with Crippen LogP contribution in [0.5, 0.6) is 0 Å². The highest BCUT2D eigenvalue weighted by Crippen LogP contribution is 2.19. The van der Waals surface area contributed by atoms with Crippen molar-refractivity contribution in [2.24, 2.45) is 0 Å². The van der Waals surface area contributed by atoms with Crippen LogP contribution in [0.2, 0.25) is 5.02 Å². The molecule has 3 rings (SSSR count). The Labute approximate surface area is 170 Å². The third kappa shape index (κ3) is 5.33. The van der Waals surface area contributed by atoms with Gasteiger partial charge in [0.05, 0.1) is 11.6 Å². The number of hydrogen-bond acceptors (Lipinski definition) is 2. The highest BCUT2D eigenvalue weighted by atomic mass is 35.5. The minimum atomic E-state index is -0.104. The highest BCUT2D eigenvalue weighted by Gasteiger charge is 2.13. The molecule has 3 nitrogen and oxygen atoms in total. The van der Waals surface area contributed by atoms with E-state index >= 15 is 0 Å². The molecular formula is C24H19ClN2O. The smallest absolute Gasteiger partial charge is 0.247 e. The summed E-state index contributed by atoms with van der Waals surface area (Å²) in [5.41, 5.74) is 3.41. The molecule has 0 aromatic heterocycles. The van der Waals surface area contributed by atoms with Crippen molar-refractivity contribution in [3.05, 3.63) is 112 Å². The number of halogens is 1. The first-order valence-electron chi connectivity index (χ1n) is 8.90. The zero-order valence-electron chi connectivity index (χ0n) is 15.3. The van der Waals surface area contributed by atoms with E-state index in [4.69, 9.17) is 16.9 Å². The maximum absolute atomic E-state index is 12.9. The Morgan fingerprint density at radius 2 is 1.61 bits per heavy atom. The van der Waals surface area contributed by atoms with E-state index in [2.05, 4.69) is 6.07 Å². The van der Waals surface area contributed by atoms with Crippen LogP contribution >= 0.6 is 11.6 Å². The van der Waals surface area contributed by atoms with Crippen LogP contribution in [0, 0.1) is 11.3 Å². The molecule has 0 radical (unpaired) electrons. The van der Waals surface area contributed by atoms with Crippen LogP contribution < -0.4 is 0 Å². The van der Waals surface area contributed by atoms with Gasteiger partial charge in [-0.25, -0.2) is 0 Å². The number of hydrogen-bond donors (Lipinski definition) is 0. The molecule has 138 valence electrons. The fraction of sp³-hybridized carbons (Fsp3) is 0.0833. The average Bonchev–Trinajstić information content (AvgIpc) is 2.74. The van der Waals surface area contributed by atoms with E-state index in [1.54, 1.807) is 29.2 Å². The topological polar surface area (TPSA) is 44.1 Å². The van der Waals surface area contributed by atoms with E-state index in [1.807, 2.05) is 66.7 Å². The van der Waals surface area contributed by atoms with Gasteiger partial charge in [0.1, 0.15) is 0 Å². The Morgan fingerprint density at radius 3 is 2.29 bits per heavy atom. The van der Waals surface area contributed by atoms with E-state index in [0.29, 0.717) is 23.7 Å². The molecule has 0 heterocycles. The third-order valence-corrected chi connectivity index (χ3v) is 4.67. The Balaban J connectivity index is 1.80. The maximum Gasteiger partial charge on any atom is 0.247 e. The first-order chi connectivity index (χ1) is 13.7. The molecule has 1 amide bonds. The van der Waals surface area contributed by atoms with Crippen molar-refractivity contribution in [2.45, 2.75) is 13.1 Å². The zero-order valence-corrected chi connectivity index (χ0v) is 16.0. The number of carbonyl (C=O) groups is 1. The number of amides is 1. The van der Waals surface area contributed by atoms with Gasteiger partial charge in [-0.3, -0.25) is 4.79 Å². The van der Waals surface area contributed by atoms with Gasteiger partial charge in [-0.15, -0.1) is 0 Å². The molecule has 0 spiro atoms. The predicted molar refractivity (Wildman–Crippen MR) is 112 cm³/mol. The number of nitrogens with zero attached hydrogens (tertiary/aromatic N) is 2. The number of benzene rings is 3. The lowest BCUT2D eigenvalue weighted by atomic mass is 10.1. The predicted octanol–water partition coefficient (Wildman–Crippen LogP) is 5.45. The van der Waals surface area contributed by atoms with Crippen LogP contribution in [0.25, 0.3) is 6.08 Å². The monoisotopic (exact) mass is 386 g/mol. The van der Waals surface area contributed by atoms with Crippen molar-refractivity contribution in [2.75, 3.05) is 0 Å². The van der Waals surface area contributed by atoms with Gasteiger partial charge in [-0.05, 0) is 41.0 Å². The number of nitriles is 1. The molecule has 0 atom stereocenters. The summed E-state index contributed by atoms with van der Waals surface area (Å²) in [4.78, 5) is 14.7. The molecule has 0 saturated heterocycles. The van der Waals surface area contributed by atoms with Crippen LogP contribution in [-0.4, -0.2) is 10.8 Å². The van der Waals surface area contributed by atoms with Crippen LogP contribution in [0.15, 0.2) is 84.9 Å². The minimum Gasteiger partial charge on any atom is -0.330 e. The van der Waals surface area contributed by atoms with Gasteiger partial charge in [0.25, 0.3) is 0 Å². The van der Waals surface area contributed by atoms with Gasteiger partial charge in [0, 0.05) is 24.2 Å². The normalized spacial score (nSPS) is 10.6. The summed E-state index contributed by atoms with van der Waals surface area (Å²) in [6.07, 6.45) is 3.31. The summed E-state index contributed by atoms with van der Waals surface area (Å²) in [6, 6.07) is 26.6. The molecule has 4 heteroatoms. The van der Waals surface area contributed by atoms with Gasteiger partial charge >= 0.3 is 0 Å². The minimum absolute atomic E-state index is 0.104. The van der Waals surface area contributed by atoms with Crippen LogP contribution in [0.4, 0.5) is 0 Å². The van der Waals surface area contributed by atoms with E-state index in [-0.39, 0.29) is 5.91 Å². The molecule has 0 aliphatic carbocycles. The summed E-state index contributed by atoms with van der Waals surface area (Å²) in [6.45, 7) is 0.910. The first-order valence-corrected chi connectivity index (χ1v) is 9.28. The molecular weight excluding hydrogens is 368 g/mol. The molecule has 0 N–H and O–H groups in total. The van der Waals surface area contributed by atoms with Crippen molar-refractivity contribution in [1.82, 2.24) is 4.90 Å². The molecule has 0 aliphatic heterocycles. The lowest BCUT2D eigenvalue weighted by Crippen LogP contribution is -2.28. The molecule has 28 heavy (non-hydrogen) atoms. The summed E-state index contributed by atoms with van der Waals surface area (Å²) < 4.78 is 0. The fourth-order valence-corrected chi connectivity index (χ4v) is 2.98. The van der Waals surface area contributed by atoms with E-state index in [1.165, 1.54) is 0 Å². The Hall–Kier alpha value is -3.35. The molecule has 3 aromatic carbocycles. The van der Waals surface area contributed by atoms with Crippen molar-refractivity contribution in [3.63, 3.8) is 0 Å². The average molecular weight is 387 g/mol. The largest absolute Gasteiger partial charge is 0.330 e. The maximum atomic E-state index is 12.9. The standard InChI is InChI=1S/C24H19ClN2O/c25-23-9-5-4-8-22(23)18-27(17-21-6-2-1-3-7-21)24(28)15-14-19-10-12-20(16-26)13-11-19/h1-15H,17-18H2/b15-14+. The number of rotatable bonds is 6. The SMILES string of the molecule is N#Cc1ccc(/C=C/C(=O)N(Cc2ccccc2)Cc2ccccc2Cl)cc1. The van der Waals surface area contributed by atoms with E-state index < -0.39 is 0 Å². The lowest BCUT2D eigenvalue weighted by Gasteiger charge is -2.22. The molecule has 0 bridgehead atoms. The van der Waals surface area contributed by atoms with E-state index in [0.717, 1.165) is 16.7 Å². The molecule has 0 fully saturated rings. The van der Waals surface area contributed by atoms with Crippen molar-refractivity contribution in [1.29, 1.82) is 5.26 Å². The van der Waals surface area contributed by atoms with Gasteiger partial charge in [-0.1, -0.05) is 72.3 Å². The molecule has 0 saturated carbocycles. The summed E-state index contributed by atoms with van der Waals surface area (Å²) in [5.74, 6) is -0.104. The van der Waals surface area contributed by atoms with Crippen molar-refractivity contribution in [3.8, 4) is 6.07 Å². The molecule has 0 aliphatic rings. The van der Waals surface area contributed by atoms with Gasteiger partial charge < -0.3 is 4.90 Å². The highest BCUT2D eigenvalue weighted by molar-refractivity contribution is 6.31. The van der Waals surface area contributed by atoms with Gasteiger partial charge in [0.2, 0.25) is 5.91 Å². The second-order valence-corrected chi connectivity index (χ2v) is 6.75. The summed E-state index contributed by atoms with van der Waals surface area (Å²) in [5, 5.41) is 9.53. The Bertz CT molecular complexity index is 1000.